The highest BCUT2D eigenvalue weighted by Gasteiger charge is 2.24. The number of hydrogen-bond donors (Lipinski definition) is 3. The van der Waals surface area contributed by atoms with Gasteiger partial charge in [-0.15, -0.1) is 0 Å². The Morgan fingerprint density at radius 2 is 2.07 bits per heavy atom. The van der Waals surface area contributed by atoms with Gasteiger partial charge in [-0.1, -0.05) is 0 Å². The van der Waals surface area contributed by atoms with Gasteiger partial charge in [0.1, 0.15) is 0 Å². The highest BCUT2D eigenvalue weighted by atomic mass is 16.2. The van der Waals surface area contributed by atoms with E-state index in [2.05, 4.69) is 16.0 Å². The third kappa shape index (κ3) is 3.33. The van der Waals surface area contributed by atoms with Crippen LogP contribution in [-0.4, -0.2) is 38.0 Å². The maximum atomic E-state index is 11.3. The van der Waals surface area contributed by atoms with E-state index in [-0.39, 0.29) is 17.7 Å². The van der Waals surface area contributed by atoms with E-state index < -0.39 is 0 Å². The maximum absolute atomic E-state index is 11.3. The topological polar surface area (TPSA) is 70.2 Å². The van der Waals surface area contributed by atoms with Crippen LogP contribution in [0, 0.1) is 5.92 Å². The molecule has 5 nitrogen and oxygen atoms in total. The molecule has 14 heavy (non-hydrogen) atoms. The standard InChI is InChI=1S/C9H17N3O2/c1-2-11-8(13)3-4-12-9(14)7-5-10-6-7/h7,10H,2-6H2,1H3,(H,11,13)(H,12,14). The van der Waals surface area contributed by atoms with Crippen molar-refractivity contribution in [3.05, 3.63) is 0 Å². The minimum atomic E-state index is -0.0143. The molecule has 1 fully saturated rings. The first-order valence-electron chi connectivity index (χ1n) is 4.99. The molecule has 1 heterocycles. The van der Waals surface area contributed by atoms with Crippen molar-refractivity contribution in [3.63, 3.8) is 0 Å². The lowest BCUT2D eigenvalue weighted by molar-refractivity contribution is -0.126. The van der Waals surface area contributed by atoms with E-state index in [1.165, 1.54) is 0 Å². The number of amides is 2. The molecule has 1 aliphatic heterocycles. The van der Waals surface area contributed by atoms with Gasteiger partial charge in [0.2, 0.25) is 11.8 Å². The van der Waals surface area contributed by atoms with Gasteiger partial charge in [0, 0.05) is 32.6 Å². The summed E-state index contributed by atoms with van der Waals surface area (Å²) in [5.74, 6) is 0.136. The first-order valence-corrected chi connectivity index (χ1v) is 4.99. The number of nitrogens with one attached hydrogen (secondary N) is 3. The fourth-order valence-electron chi connectivity index (χ4n) is 1.20. The van der Waals surface area contributed by atoms with Gasteiger partial charge in [-0.25, -0.2) is 0 Å². The summed E-state index contributed by atoms with van der Waals surface area (Å²) in [7, 11) is 0. The molecule has 1 saturated heterocycles. The van der Waals surface area contributed by atoms with Crippen molar-refractivity contribution in [3.8, 4) is 0 Å². The van der Waals surface area contributed by atoms with E-state index in [1.807, 2.05) is 6.92 Å². The summed E-state index contributed by atoms with van der Waals surface area (Å²) in [5, 5.41) is 8.43. The van der Waals surface area contributed by atoms with Crippen molar-refractivity contribution < 1.29 is 9.59 Å². The molecule has 0 aliphatic carbocycles. The molecule has 0 spiro atoms. The molecule has 1 aliphatic rings. The predicted octanol–water partition coefficient (Wildman–Crippen LogP) is -1.15. The number of carbonyl (C=O) groups excluding carboxylic acids is 2. The van der Waals surface area contributed by atoms with Crippen LogP contribution in [0.25, 0.3) is 0 Å². The summed E-state index contributed by atoms with van der Waals surface area (Å²) in [4.78, 5) is 22.3. The number of hydrogen-bond acceptors (Lipinski definition) is 3. The van der Waals surface area contributed by atoms with E-state index in [4.69, 9.17) is 0 Å². The molecular formula is C9H17N3O2. The Morgan fingerprint density at radius 3 is 2.57 bits per heavy atom. The lowest BCUT2D eigenvalue weighted by atomic mass is 10.0. The Morgan fingerprint density at radius 1 is 1.36 bits per heavy atom. The first kappa shape index (κ1) is 11.0. The van der Waals surface area contributed by atoms with E-state index in [0.29, 0.717) is 19.5 Å². The molecule has 0 atom stereocenters. The third-order valence-corrected chi connectivity index (χ3v) is 2.18. The molecule has 3 N–H and O–H groups in total. The molecular weight excluding hydrogens is 182 g/mol. The molecule has 0 aromatic heterocycles. The molecule has 0 saturated carbocycles. The van der Waals surface area contributed by atoms with E-state index in [0.717, 1.165) is 13.1 Å². The van der Waals surface area contributed by atoms with Crippen LogP contribution in [0.3, 0.4) is 0 Å². The lowest BCUT2D eigenvalue weighted by Crippen LogP contribution is -2.51. The van der Waals surface area contributed by atoms with Crippen LogP contribution in [0.2, 0.25) is 0 Å². The van der Waals surface area contributed by atoms with Crippen molar-refractivity contribution in [2.45, 2.75) is 13.3 Å². The molecule has 0 unspecified atom stereocenters. The average molecular weight is 199 g/mol. The second kappa shape index (κ2) is 5.59. The highest BCUT2D eigenvalue weighted by Crippen LogP contribution is 2.01. The molecule has 0 bridgehead atoms. The zero-order valence-electron chi connectivity index (χ0n) is 8.43. The second-order valence-electron chi connectivity index (χ2n) is 3.35. The van der Waals surface area contributed by atoms with Crippen LogP contribution >= 0.6 is 0 Å². The largest absolute Gasteiger partial charge is 0.356 e. The van der Waals surface area contributed by atoms with Crippen LogP contribution < -0.4 is 16.0 Å². The monoisotopic (exact) mass is 199 g/mol. The zero-order chi connectivity index (χ0) is 10.4. The summed E-state index contributed by atoms with van der Waals surface area (Å²) in [5.41, 5.74) is 0. The number of carbonyl (C=O) groups is 2. The van der Waals surface area contributed by atoms with Gasteiger partial charge in [0.05, 0.1) is 5.92 Å². The Hall–Kier alpha value is -1.10. The lowest BCUT2D eigenvalue weighted by Gasteiger charge is -2.25. The van der Waals surface area contributed by atoms with Gasteiger partial charge in [-0.3, -0.25) is 9.59 Å². The van der Waals surface area contributed by atoms with Crippen LogP contribution in [0.15, 0.2) is 0 Å². The van der Waals surface area contributed by atoms with Crippen LogP contribution in [-0.2, 0) is 9.59 Å². The normalized spacial score (nSPS) is 15.8. The Bertz CT molecular complexity index is 214. The van der Waals surface area contributed by atoms with Gasteiger partial charge < -0.3 is 16.0 Å². The summed E-state index contributed by atoms with van der Waals surface area (Å²) in [6.45, 7) is 4.46. The van der Waals surface area contributed by atoms with Crippen LogP contribution in [0.4, 0.5) is 0 Å². The van der Waals surface area contributed by atoms with Gasteiger partial charge >= 0.3 is 0 Å². The quantitative estimate of drug-likeness (QED) is 0.523. The molecule has 0 aromatic carbocycles. The van der Waals surface area contributed by atoms with Crippen LogP contribution in [0.1, 0.15) is 13.3 Å². The van der Waals surface area contributed by atoms with Gasteiger partial charge in [-0.05, 0) is 6.92 Å². The molecule has 0 radical (unpaired) electrons. The molecule has 2 amide bonds. The summed E-state index contributed by atoms with van der Waals surface area (Å²) >= 11 is 0. The van der Waals surface area contributed by atoms with E-state index >= 15 is 0 Å². The summed E-state index contributed by atoms with van der Waals surface area (Å²) < 4.78 is 0. The first-order chi connectivity index (χ1) is 6.74. The van der Waals surface area contributed by atoms with E-state index in [9.17, 15) is 9.59 Å². The third-order valence-electron chi connectivity index (χ3n) is 2.18. The Balaban J connectivity index is 2.02. The summed E-state index contributed by atoms with van der Waals surface area (Å²) in [6.07, 6.45) is 0.361. The molecule has 0 aromatic rings. The van der Waals surface area contributed by atoms with Gasteiger partial charge in [0.25, 0.3) is 0 Å². The zero-order valence-corrected chi connectivity index (χ0v) is 8.43. The van der Waals surface area contributed by atoms with Crippen molar-refractivity contribution in [2.75, 3.05) is 26.2 Å². The fraction of sp³-hybridized carbons (Fsp3) is 0.778. The minimum absolute atomic E-state index is 0.0143. The van der Waals surface area contributed by atoms with E-state index in [1.54, 1.807) is 0 Å². The summed E-state index contributed by atoms with van der Waals surface area (Å²) in [6, 6.07) is 0. The number of rotatable bonds is 5. The fourth-order valence-corrected chi connectivity index (χ4v) is 1.20. The van der Waals surface area contributed by atoms with Gasteiger partial charge in [-0.2, -0.15) is 0 Å². The van der Waals surface area contributed by atoms with Gasteiger partial charge in [0.15, 0.2) is 0 Å². The predicted molar refractivity (Wildman–Crippen MR) is 52.7 cm³/mol. The SMILES string of the molecule is CCNC(=O)CCNC(=O)C1CNC1. The van der Waals surface area contributed by atoms with Crippen molar-refractivity contribution in [1.29, 1.82) is 0 Å². The van der Waals surface area contributed by atoms with Crippen molar-refractivity contribution in [1.82, 2.24) is 16.0 Å². The van der Waals surface area contributed by atoms with Crippen molar-refractivity contribution in [2.24, 2.45) is 5.92 Å². The molecule has 5 heteroatoms. The maximum Gasteiger partial charge on any atom is 0.225 e. The van der Waals surface area contributed by atoms with Crippen LogP contribution in [0.5, 0.6) is 0 Å². The second-order valence-corrected chi connectivity index (χ2v) is 3.35. The Labute approximate surface area is 83.6 Å². The molecule has 80 valence electrons. The Kier molecular flexibility index (Phi) is 4.39. The minimum Gasteiger partial charge on any atom is -0.356 e. The van der Waals surface area contributed by atoms with Crippen molar-refractivity contribution >= 4 is 11.8 Å². The average Bonchev–Trinajstić information content (AvgIpc) is 2.01. The molecule has 1 rings (SSSR count). The highest BCUT2D eigenvalue weighted by molar-refractivity contribution is 5.81. The smallest absolute Gasteiger partial charge is 0.225 e.